The minimum atomic E-state index is -0.662. The van der Waals surface area contributed by atoms with Crippen molar-refractivity contribution in [3.8, 4) is 11.8 Å². The van der Waals surface area contributed by atoms with Gasteiger partial charge in [0.05, 0.1) is 18.9 Å². The van der Waals surface area contributed by atoms with Crippen LogP contribution in [0.15, 0.2) is 24.3 Å². The summed E-state index contributed by atoms with van der Waals surface area (Å²) in [5.74, 6) is 0.728. The normalized spacial score (nSPS) is 13.5. The Kier molecular flexibility index (Phi) is 4.80. The molecule has 0 saturated heterocycles. The van der Waals surface area contributed by atoms with E-state index in [2.05, 4.69) is 11.4 Å². The van der Waals surface area contributed by atoms with Crippen LogP contribution >= 0.6 is 0 Å². The minimum absolute atomic E-state index is 0.534. The Bertz CT molecular complexity index is 401. The molecule has 1 aromatic rings. The molecule has 0 saturated carbocycles. The molecule has 0 bridgehead atoms. The van der Waals surface area contributed by atoms with E-state index in [0.29, 0.717) is 13.0 Å². The molecule has 1 atom stereocenters. The molecular formula is C13H18N2O2. The summed E-state index contributed by atoms with van der Waals surface area (Å²) < 4.78 is 10.2. The van der Waals surface area contributed by atoms with Crippen molar-refractivity contribution >= 4 is 5.69 Å². The van der Waals surface area contributed by atoms with E-state index < -0.39 is 5.54 Å². The Morgan fingerprint density at radius 2 is 2.06 bits per heavy atom. The lowest BCUT2D eigenvalue weighted by molar-refractivity contribution is 0.184. The molecule has 1 unspecified atom stereocenters. The van der Waals surface area contributed by atoms with Gasteiger partial charge >= 0.3 is 0 Å². The summed E-state index contributed by atoms with van der Waals surface area (Å²) in [5, 5.41) is 12.4. The number of nitrogens with zero attached hydrogens (tertiary/aromatic N) is 1. The Hall–Kier alpha value is -1.73. The molecule has 4 heteroatoms. The molecule has 0 aliphatic carbocycles. The molecule has 0 fully saturated rings. The molecule has 0 amide bonds. The minimum Gasteiger partial charge on any atom is -0.495 e. The molecule has 92 valence electrons. The van der Waals surface area contributed by atoms with E-state index in [0.717, 1.165) is 11.4 Å². The first-order valence-corrected chi connectivity index (χ1v) is 5.46. The van der Waals surface area contributed by atoms with Crippen LogP contribution in [0.2, 0.25) is 0 Å². The second kappa shape index (κ2) is 6.12. The molecule has 0 spiro atoms. The average Bonchev–Trinajstić information content (AvgIpc) is 2.37. The molecule has 0 aliphatic heterocycles. The van der Waals surface area contributed by atoms with E-state index in [4.69, 9.17) is 9.47 Å². The monoisotopic (exact) mass is 234 g/mol. The number of anilines is 1. The molecule has 0 radical (unpaired) electrons. The van der Waals surface area contributed by atoms with Gasteiger partial charge in [0.2, 0.25) is 0 Å². The molecule has 0 aromatic heterocycles. The third-order valence-electron chi connectivity index (χ3n) is 2.57. The van der Waals surface area contributed by atoms with Gasteiger partial charge in [0.25, 0.3) is 0 Å². The Labute approximate surface area is 102 Å². The van der Waals surface area contributed by atoms with Gasteiger partial charge in [-0.05, 0) is 19.1 Å². The maximum atomic E-state index is 9.23. The number of hydrogen-bond acceptors (Lipinski definition) is 4. The summed E-state index contributed by atoms with van der Waals surface area (Å²) in [6.45, 7) is 2.38. The summed E-state index contributed by atoms with van der Waals surface area (Å²) in [5.41, 5.74) is 0.153. The van der Waals surface area contributed by atoms with Crippen LogP contribution in [0.5, 0.6) is 5.75 Å². The van der Waals surface area contributed by atoms with Crippen LogP contribution in [0.25, 0.3) is 0 Å². The zero-order valence-electron chi connectivity index (χ0n) is 10.5. The quantitative estimate of drug-likeness (QED) is 0.821. The molecule has 4 nitrogen and oxygen atoms in total. The van der Waals surface area contributed by atoms with Crippen LogP contribution in [-0.4, -0.2) is 26.4 Å². The number of rotatable bonds is 6. The average molecular weight is 234 g/mol. The van der Waals surface area contributed by atoms with Crippen molar-refractivity contribution < 1.29 is 9.47 Å². The van der Waals surface area contributed by atoms with Crippen molar-refractivity contribution in [3.63, 3.8) is 0 Å². The number of hydrogen-bond donors (Lipinski definition) is 1. The van der Waals surface area contributed by atoms with Crippen molar-refractivity contribution in [3.05, 3.63) is 24.3 Å². The maximum Gasteiger partial charge on any atom is 0.141 e. The molecule has 0 heterocycles. The Balaban J connectivity index is 2.83. The smallest absolute Gasteiger partial charge is 0.141 e. The molecule has 1 N–H and O–H groups in total. The number of para-hydroxylation sites is 2. The maximum absolute atomic E-state index is 9.23. The SMILES string of the molecule is COCCC(C)(C#N)Nc1ccccc1OC. The van der Waals surface area contributed by atoms with E-state index in [1.165, 1.54) is 0 Å². The first kappa shape index (κ1) is 13.3. The fraction of sp³-hybridized carbons (Fsp3) is 0.462. The summed E-state index contributed by atoms with van der Waals surface area (Å²) in [6.07, 6.45) is 0.609. The third kappa shape index (κ3) is 3.65. The van der Waals surface area contributed by atoms with E-state index in [1.807, 2.05) is 31.2 Å². The van der Waals surface area contributed by atoms with Crippen molar-refractivity contribution in [1.82, 2.24) is 0 Å². The highest BCUT2D eigenvalue weighted by Crippen LogP contribution is 2.27. The first-order chi connectivity index (χ1) is 8.15. The molecule has 1 aromatic carbocycles. The zero-order chi connectivity index (χ0) is 12.7. The van der Waals surface area contributed by atoms with Crippen LogP contribution in [0.4, 0.5) is 5.69 Å². The number of ether oxygens (including phenoxy) is 2. The van der Waals surface area contributed by atoms with Gasteiger partial charge in [-0.2, -0.15) is 5.26 Å². The lowest BCUT2D eigenvalue weighted by Gasteiger charge is -2.25. The van der Waals surface area contributed by atoms with Crippen LogP contribution in [0.3, 0.4) is 0 Å². The zero-order valence-corrected chi connectivity index (χ0v) is 10.5. The van der Waals surface area contributed by atoms with Crippen molar-refractivity contribution in [2.45, 2.75) is 18.9 Å². The van der Waals surface area contributed by atoms with Crippen molar-refractivity contribution in [2.75, 3.05) is 26.1 Å². The van der Waals surface area contributed by atoms with Crippen LogP contribution in [0.1, 0.15) is 13.3 Å². The second-order valence-electron chi connectivity index (χ2n) is 4.01. The predicted molar refractivity (Wildman–Crippen MR) is 67.1 cm³/mol. The van der Waals surface area contributed by atoms with E-state index in [1.54, 1.807) is 14.2 Å². The van der Waals surface area contributed by atoms with Gasteiger partial charge in [-0.1, -0.05) is 12.1 Å². The number of nitrogens with one attached hydrogen (secondary N) is 1. The highest BCUT2D eigenvalue weighted by Gasteiger charge is 2.24. The van der Waals surface area contributed by atoms with Crippen molar-refractivity contribution in [1.29, 1.82) is 5.26 Å². The summed E-state index contributed by atoms with van der Waals surface area (Å²) in [4.78, 5) is 0. The summed E-state index contributed by atoms with van der Waals surface area (Å²) in [7, 11) is 3.24. The van der Waals surface area contributed by atoms with Gasteiger partial charge in [0, 0.05) is 20.1 Å². The van der Waals surface area contributed by atoms with E-state index in [-0.39, 0.29) is 0 Å². The molecule has 1 rings (SSSR count). The summed E-state index contributed by atoms with van der Waals surface area (Å²) >= 11 is 0. The third-order valence-corrected chi connectivity index (χ3v) is 2.57. The van der Waals surface area contributed by atoms with Crippen molar-refractivity contribution in [2.24, 2.45) is 0 Å². The summed E-state index contributed by atoms with van der Waals surface area (Å²) in [6, 6.07) is 9.81. The van der Waals surface area contributed by atoms with Gasteiger partial charge in [-0.3, -0.25) is 0 Å². The highest BCUT2D eigenvalue weighted by molar-refractivity contribution is 5.58. The fourth-order valence-electron chi connectivity index (χ4n) is 1.50. The Morgan fingerprint density at radius 3 is 2.65 bits per heavy atom. The lowest BCUT2D eigenvalue weighted by atomic mass is 10.00. The van der Waals surface area contributed by atoms with Gasteiger partial charge in [0.1, 0.15) is 11.3 Å². The van der Waals surface area contributed by atoms with Gasteiger partial charge in [-0.25, -0.2) is 0 Å². The van der Waals surface area contributed by atoms with Crippen LogP contribution in [-0.2, 0) is 4.74 Å². The largest absolute Gasteiger partial charge is 0.495 e. The van der Waals surface area contributed by atoms with E-state index in [9.17, 15) is 5.26 Å². The van der Waals surface area contributed by atoms with Gasteiger partial charge in [-0.15, -0.1) is 0 Å². The Morgan fingerprint density at radius 1 is 1.35 bits per heavy atom. The van der Waals surface area contributed by atoms with Gasteiger partial charge in [0.15, 0.2) is 0 Å². The molecule has 0 aliphatic rings. The van der Waals surface area contributed by atoms with E-state index >= 15 is 0 Å². The lowest BCUT2D eigenvalue weighted by Crippen LogP contribution is -2.34. The number of methoxy groups -OCH3 is 2. The second-order valence-corrected chi connectivity index (χ2v) is 4.01. The topological polar surface area (TPSA) is 54.3 Å². The highest BCUT2D eigenvalue weighted by atomic mass is 16.5. The van der Waals surface area contributed by atoms with Gasteiger partial charge < -0.3 is 14.8 Å². The van der Waals surface area contributed by atoms with Crippen LogP contribution in [0, 0.1) is 11.3 Å². The molecule has 17 heavy (non-hydrogen) atoms. The van der Waals surface area contributed by atoms with Crippen LogP contribution < -0.4 is 10.1 Å². The first-order valence-electron chi connectivity index (χ1n) is 5.46. The number of nitriles is 1. The fourth-order valence-corrected chi connectivity index (χ4v) is 1.50. The number of benzene rings is 1. The predicted octanol–water partition coefficient (Wildman–Crippen LogP) is 2.43. The molecular weight excluding hydrogens is 216 g/mol. The standard InChI is InChI=1S/C13H18N2O2/c1-13(10-14,8-9-16-2)15-11-6-4-5-7-12(11)17-3/h4-7,15H,8-9H2,1-3H3.